The summed E-state index contributed by atoms with van der Waals surface area (Å²) in [5, 5.41) is 2.99. The first-order valence-corrected chi connectivity index (χ1v) is 10.6. The van der Waals surface area contributed by atoms with Gasteiger partial charge in [0.25, 0.3) is 0 Å². The van der Waals surface area contributed by atoms with Gasteiger partial charge in [-0.2, -0.15) is 4.31 Å². The highest BCUT2D eigenvalue weighted by Gasteiger charge is 2.31. The standard InChI is InChI=1S/C19H19FN6O2S/c20-15-3-5-16(6-4-15)29(27,28)26-11-1-2-14(13-26)17-7-8-23-19(24-17)25-18-12-21-9-10-22-18/h3-10,12,14H,1-2,11,13H2,(H,22,23,24,25)/t14-/m0/s1. The Kier molecular flexibility index (Phi) is 5.45. The SMILES string of the molecule is O=S(=O)(c1ccc(F)cc1)N1CCC[C@H](c2ccnc(Nc3cnccn3)n2)C1. The molecule has 1 aromatic carbocycles. The normalized spacial score (nSPS) is 17.8. The molecule has 0 saturated carbocycles. The molecule has 8 nitrogen and oxygen atoms in total. The molecule has 0 radical (unpaired) electrons. The lowest BCUT2D eigenvalue weighted by atomic mass is 9.96. The minimum absolute atomic E-state index is 0.0654. The second kappa shape index (κ2) is 8.18. The smallest absolute Gasteiger partial charge is 0.243 e. The molecule has 1 aliphatic rings. The molecule has 150 valence electrons. The van der Waals surface area contributed by atoms with Crippen LogP contribution in [0.15, 0.2) is 60.0 Å². The fraction of sp³-hybridized carbons (Fsp3) is 0.263. The summed E-state index contributed by atoms with van der Waals surface area (Å²) in [5.74, 6) is 0.365. The van der Waals surface area contributed by atoms with Crippen LogP contribution in [0.25, 0.3) is 0 Å². The van der Waals surface area contributed by atoms with Crippen LogP contribution in [0, 0.1) is 5.82 Å². The zero-order valence-corrected chi connectivity index (χ0v) is 16.3. The van der Waals surface area contributed by atoms with E-state index in [4.69, 9.17) is 0 Å². The van der Waals surface area contributed by atoms with Crippen molar-refractivity contribution in [2.75, 3.05) is 18.4 Å². The molecule has 0 unspecified atom stereocenters. The van der Waals surface area contributed by atoms with Crippen molar-refractivity contribution in [1.82, 2.24) is 24.2 Å². The number of nitrogens with one attached hydrogen (secondary N) is 1. The predicted octanol–water partition coefficient (Wildman–Crippen LogP) is 2.72. The Balaban J connectivity index is 1.52. The second-order valence-electron chi connectivity index (χ2n) is 6.68. The first-order chi connectivity index (χ1) is 14.0. The molecule has 1 atom stereocenters. The summed E-state index contributed by atoms with van der Waals surface area (Å²) in [4.78, 5) is 16.9. The van der Waals surface area contributed by atoms with Gasteiger partial charge in [0, 0.05) is 37.6 Å². The Bertz CT molecular complexity index is 1080. The number of rotatable bonds is 5. The van der Waals surface area contributed by atoms with Crippen molar-refractivity contribution in [2.24, 2.45) is 0 Å². The summed E-state index contributed by atoms with van der Waals surface area (Å²) in [5.41, 5.74) is 0.755. The van der Waals surface area contributed by atoms with Crippen molar-refractivity contribution in [3.63, 3.8) is 0 Å². The van der Waals surface area contributed by atoms with Crippen molar-refractivity contribution in [2.45, 2.75) is 23.7 Å². The van der Waals surface area contributed by atoms with Crippen LogP contribution in [0.5, 0.6) is 0 Å². The zero-order chi connectivity index (χ0) is 20.3. The van der Waals surface area contributed by atoms with E-state index < -0.39 is 15.8 Å². The summed E-state index contributed by atoms with van der Waals surface area (Å²) in [6.07, 6.45) is 7.85. The lowest BCUT2D eigenvalue weighted by Crippen LogP contribution is -2.39. The Morgan fingerprint density at radius 2 is 1.90 bits per heavy atom. The Morgan fingerprint density at radius 1 is 1.07 bits per heavy atom. The maximum absolute atomic E-state index is 13.2. The van der Waals surface area contributed by atoms with Crippen molar-refractivity contribution in [3.05, 3.63) is 66.6 Å². The number of halogens is 1. The molecule has 1 fully saturated rings. The second-order valence-corrected chi connectivity index (χ2v) is 8.61. The Morgan fingerprint density at radius 3 is 2.66 bits per heavy atom. The summed E-state index contributed by atoms with van der Waals surface area (Å²) in [6.45, 7) is 0.729. The van der Waals surface area contributed by atoms with E-state index in [9.17, 15) is 12.8 Å². The first kappa shape index (κ1) is 19.3. The van der Waals surface area contributed by atoms with E-state index in [2.05, 4.69) is 25.3 Å². The number of piperidine rings is 1. The minimum atomic E-state index is -3.69. The third kappa shape index (κ3) is 4.38. The van der Waals surface area contributed by atoms with Crippen LogP contribution in [-0.2, 0) is 10.0 Å². The van der Waals surface area contributed by atoms with Crippen molar-refractivity contribution < 1.29 is 12.8 Å². The summed E-state index contributed by atoms with van der Waals surface area (Å²) < 4.78 is 40.4. The van der Waals surface area contributed by atoms with Crippen LogP contribution in [0.1, 0.15) is 24.5 Å². The molecule has 10 heteroatoms. The van der Waals surface area contributed by atoms with Gasteiger partial charge in [0.05, 0.1) is 16.8 Å². The van der Waals surface area contributed by atoms with Gasteiger partial charge in [-0.1, -0.05) is 0 Å². The molecule has 1 saturated heterocycles. The van der Waals surface area contributed by atoms with E-state index >= 15 is 0 Å². The molecule has 3 heterocycles. The van der Waals surface area contributed by atoms with Gasteiger partial charge in [-0.25, -0.2) is 27.8 Å². The highest BCUT2D eigenvalue weighted by Crippen LogP contribution is 2.29. The minimum Gasteiger partial charge on any atom is -0.307 e. The molecule has 4 rings (SSSR count). The molecule has 1 N–H and O–H groups in total. The van der Waals surface area contributed by atoms with Crippen LogP contribution in [0.3, 0.4) is 0 Å². The first-order valence-electron chi connectivity index (χ1n) is 9.14. The fourth-order valence-corrected chi connectivity index (χ4v) is 4.82. The van der Waals surface area contributed by atoms with Crippen molar-refractivity contribution in [3.8, 4) is 0 Å². The van der Waals surface area contributed by atoms with Gasteiger partial charge in [-0.15, -0.1) is 0 Å². The number of nitrogens with zero attached hydrogens (tertiary/aromatic N) is 5. The van der Waals surface area contributed by atoms with Gasteiger partial charge in [-0.3, -0.25) is 4.98 Å². The van der Waals surface area contributed by atoms with Crippen LogP contribution < -0.4 is 5.32 Å². The molecule has 3 aromatic rings. The number of sulfonamides is 1. The van der Waals surface area contributed by atoms with Gasteiger partial charge < -0.3 is 5.32 Å². The number of benzene rings is 1. The van der Waals surface area contributed by atoms with Crippen LogP contribution in [0.4, 0.5) is 16.2 Å². The van der Waals surface area contributed by atoms with Crippen molar-refractivity contribution in [1.29, 1.82) is 0 Å². The molecular formula is C19H19FN6O2S. The highest BCUT2D eigenvalue weighted by atomic mass is 32.2. The summed E-state index contributed by atoms with van der Waals surface area (Å²) in [7, 11) is -3.69. The lowest BCUT2D eigenvalue weighted by Gasteiger charge is -2.31. The number of anilines is 2. The number of hydrogen-bond donors (Lipinski definition) is 1. The maximum Gasteiger partial charge on any atom is 0.243 e. The van der Waals surface area contributed by atoms with Gasteiger partial charge in [0.1, 0.15) is 5.82 Å². The Hall–Kier alpha value is -2.98. The van der Waals surface area contributed by atoms with Gasteiger partial charge >= 0.3 is 0 Å². The molecule has 2 aromatic heterocycles. The average Bonchev–Trinajstić information content (AvgIpc) is 2.75. The maximum atomic E-state index is 13.2. The van der Waals surface area contributed by atoms with Crippen LogP contribution in [0.2, 0.25) is 0 Å². The molecular weight excluding hydrogens is 395 g/mol. The largest absolute Gasteiger partial charge is 0.307 e. The fourth-order valence-electron chi connectivity index (χ4n) is 3.30. The summed E-state index contributed by atoms with van der Waals surface area (Å²) >= 11 is 0. The molecule has 29 heavy (non-hydrogen) atoms. The van der Waals surface area contributed by atoms with Crippen LogP contribution >= 0.6 is 0 Å². The van der Waals surface area contributed by atoms with Crippen LogP contribution in [-0.4, -0.2) is 45.7 Å². The number of hydrogen-bond acceptors (Lipinski definition) is 7. The third-order valence-corrected chi connectivity index (χ3v) is 6.61. The van der Waals surface area contributed by atoms with E-state index in [1.165, 1.54) is 16.4 Å². The van der Waals surface area contributed by atoms with Gasteiger partial charge in [0.15, 0.2) is 5.82 Å². The van der Waals surface area contributed by atoms with E-state index in [1.807, 2.05) is 0 Å². The quantitative estimate of drug-likeness (QED) is 0.685. The average molecular weight is 414 g/mol. The monoisotopic (exact) mass is 414 g/mol. The number of aromatic nitrogens is 4. The van der Waals surface area contributed by atoms with Gasteiger partial charge in [0.2, 0.25) is 16.0 Å². The summed E-state index contributed by atoms with van der Waals surface area (Å²) in [6, 6.07) is 6.69. The van der Waals surface area contributed by atoms with E-state index in [0.29, 0.717) is 31.3 Å². The predicted molar refractivity (Wildman–Crippen MR) is 104 cm³/mol. The Labute approximate surface area is 167 Å². The third-order valence-electron chi connectivity index (χ3n) is 4.73. The molecule has 1 aliphatic heterocycles. The van der Waals surface area contributed by atoms with Gasteiger partial charge in [-0.05, 0) is 43.2 Å². The van der Waals surface area contributed by atoms with E-state index in [0.717, 1.165) is 24.2 Å². The molecule has 0 bridgehead atoms. The molecule has 0 aliphatic carbocycles. The zero-order valence-electron chi connectivity index (χ0n) is 15.4. The van der Waals surface area contributed by atoms with Crippen molar-refractivity contribution >= 4 is 21.8 Å². The topological polar surface area (TPSA) is 101 Å². The lowest BCUT2D eigenvalue weighted by molar-refractivity contribution is 0.312. The molecule has 0 spiro atoms. The van der Waals surface area contributed by atoms with E-state index in [1.54, 1.807) is 30.9 Å². The molecule has 0 amide bonds. The van der Waals surface area contributed by atoms with E-state index in [-0.39, 0.29) is 10.8 Å². The highest BCUT2D eigenvalue weighted by molar-refractivity contribution is 7.89.